The molecule has 4 aromatic rings. The number of benzene rings is 2. The van der Waals surface area contributed by atoms with Gasteiger partial charge in [0.1, 0.15) is 5.82 Å². The van der Waals surface area contributed by atoms with E-state index in [1.54, 1.807) is 28.9 Å². The SMILES string of the molecule is Cc1cc(NC(=O)CCS(=O)(=O)c2ccccc2)n(-c2nc3ccccc3s2)n1. The molecule has 4 rings (SSSR count). The summed E-state index contributed by atoms with van der Waals surface area (Å²) in [6.07, 6.45) is -0.151. The van der Waals surface area contributed by atoms with Gasteiger partial charge in [0.15, 0.2) is 9.84 Å². The molecule has 0 saturated heterocycles. The summed E-state index contributed by atoms with van der Waals surface area (Å²) >= 11 is 1.46. The number of thiazole rings is 1. The Labute approximate surface area is 171 Å². The number of nitrogens with zero attached hydrogens (tertiary/aromatic N) is 3. The molecule has 0 saturated carbocycles. The van der Waals surface area contributed by atoms with Crippen molar-refractivity contribution in [3.8, 4) is 5.13 Å². The molecule has 1 amide bonds. The van der Waals surface area contributed by atoms with E-state index in [0.717, 1.165) is 15.9 Å². The molecular formula is C20H18N4O3S2. The number of anilines is 1. The first kappa shape index (κ1) is 19.3. The Morgan fingerprint density at radius 2 is 1.83 bits per heavy atom. The molecule has 148 valence electrons. The molecule has 0 unspecified atom stereocenters. The normalized spacial score (nSPS) is 11.6. The van der Waals surface area contributed by atoms with Gasteiger partial charge in [-0.1, -0.05) is 41.7 Å². The Morgan fingerprint density at radius 3 is 2.59 bits per heavy atom. The number of carbonyl (C=O) groups excluding carboxylic acids is 1. The van der Waals surface area contributed by atoms with Crippen LogP contribution < -0.4 is 5.32 Å². The van der Waals surface area contributed by atoms with E-state index in [9.17, 15) is 13.2 Å². The molecular weight excluding hydrogens is 408 g/mol. The fraction of sp³-hybridized carbons (Fsp3) is 0.150. The zero-order valence-corrected chi connectivity index (χ0v) is 17.2. The van der Waals surface area contributed by atoms with E-state index in [0.29, 0.717) is 10.9 Å². The number of aryl methyl sites for hydroxylation is 1. The number of hydrogen-bond acceptors (Lipinski definition) is 6. The summed E-state index contributed by atoms with van der Waals surface area (Å²) in [5.41, 5.74) is 1.57. The van der Waals surface area contributed by atoms with Gasteiger partial charge in [-0.2, -0.15) is 9.78 Å². The number of fused-ring (bicyclic) bond motifs is 1. The van der Waals surface area contributed by atoms with Crippen molar-refractivity contribution in [1.29, 1.82) is 0 Å². The number of sulfone groups is 1. The number of rotatable bonds is 6. The molecule has 0 spiro atoms. The fourth-order valence-electron chi connectivity index (χ4n) is 2.86. The lowest BCUT2D eigenvalue weighted by atomic mass is 10.3. The summed E-state index contributed by atoms with van der Waals surface area (Å²) in [4.78, 5) is 17.2. The molecule has 2 aromatic heterocycles. The molecule has 0 aliphatic heterocycles. The van der Waals surface area contributed by atoms with Crippen LogP contribution in [0.3, 0.4) is 0 Å². The van der Waals surface area contributed by atoms with Crippen molar-refractivity contribution in [2.24, 2.45) is 0 Å². The summed E-state index contributed by atoms with van der Waals surface area (Å²) in [6, 6.07) is 17.6. The first-order chi connectivity index (χ1) is 13.9. The second kappa shape index (κ2) is 7.76. The number of para-hydroxylation sites is 1. The average Bonchev–Trinajstić information content (AvgIpc) is 3.30. The Bertz CT molecular complexity index is 1240. The minimum atomic E-state index is -3.52. The predicted molar refractivity (Wildman–Crippen MR) is 113 cm³/mol. The van der Waals surface area contributed by atoms with Gasteiger partial charge in [-0.15, -0.1) is 0 Å². The van der Waals surface area contributed by atoms with Gasteiger partial charge in [0.25, 0.3) is 0 Å². The highest BCUT2D eigenvalue weighted by Crippen LogP contribution is 2.27. The van der Waals surface area contributed by atoms with Crippen LogP contribution in [0.25, 0.3) is 15.3 Å². The largest absolute Gasteiger partial charge is 0.310 e. The second-order valence-electron chi connectivity index (χ2n) is 6.48. The van der Waals surface area contributed by atoms with Crippen molar-refractivity contribution in [1.82, 2.24) is 14.8 Å². The minimum Gasteiger partial charge on any atom is -0.310 e. The molecule has 0 atom stereocenters. The van der Waals surface area contributed by atoms with Crippen LogP contribution in [0.5, 0.6) is 0 Å². The molecule has 2 heterocycles. The van der Waals surface area contributed by atoms with Crippen LogP contribution >= 0.6 is 11.3 Å². The van der Waals surface area contributed by atoms with Gasteiger partial charge in [0.2, 0.25) is 11.0 Å². The molecule has 7 nitrogen and oxygen atoms in total. The van der Waals surface area contributed by atoms with Gasteiger partial charge >= 0.3 is 0 Å². The van der Waals surface area contributed by atoms with Gasteiger partial charge in [0.05, 0.1) is 26.6 Å². The zero-order chi connectivity index (χ0) is 20.4. The molecule has 0 aliphatic rings. The van der Waals surface area contributed by atoms with Gasteiger partial charge in [-0.3, -0.25) is 4.79 Å². The van der Waals surface area contributed by atoms with Crippen LogP contribution in [0.4, 0.5) is 5.82 Å². The summed E-state index contributed by atoms with van der Waals surface area (Å²) < 4.78 is 27.3. The van der Waals surface area contributed by atoms with Crippen LogP contribution in [0.2, 0.25) is 0 Å². The van der Waals surface area contributed by atoms with E-state index < -0.39 is 15.7 Å². The third kappa shape index (κ3) is 4.20. The van der Waals surface area contributed by atoms with E-state index in [1.165, 1.54) is 23.5 Å². The van der Waals surface area contributed by atoms with E-state index in [2.05, 4.69) is 15.4 Å². The molecule has 1 N–H and O–H groups in total. The van der Waals surface area contributed by atoms with E-state index in [4.69, 9.17) is 0 Å². The van der Waals surface area contributed by atoms with Crippen molar-refractivity contribution < 1.29 is 13.2 Å². The molecule has 0 aliphatic carbocycles. The predicted octanol–water partition coefficient (Wildman–Crippen LogP) is 3.59. The third-order valence-electron chi connectivity index (χ3n) is 4.26. The van der Waals surface area contributed by atoms with Gasteiger partial charge < -0.3 is 5.32 Å². The van der Waals surface area contributed by atoms with Crippen LogP contribution in [-0.2, 0) is 14.6 Å². The molecule has 0 radical (unpaired) electrons. The number of carbonyl (C=O) groups is 1. The highest BCUT2D eigenvalue weighted by molar-refractivity contribution is 7.91. The first-order valence-electron chi connectivity index (χ1n) is 8.93. The lowest BCUT2D eigenvalue weighted by Gasteiger charge is -2.07. The fourth-order valence-corrected chi connectivity index (χ4v) is 5.06. The third-order valence-corrected chi connectivity index (χ3v) is 7.01. The van der Waals surface area contributed by atoms with Crippen LogP contribution in [0.15, 0.2) is 65.6 Å². The Hall–Kier alpha value is -3.04. The number of amides is 1. The maximum atomic E-state index is 12.4. The molecule has 0 fully saturated rings. The Balaban J connectivity index is 1.50. The maximum absolute atomic E-state index is 12.4. The summed E-state index contributed by atoms with van der Waals surface area (Å²) in [7, 11) is -3.52. The van der Waals surface area contributed by atoms with Crippen molar-refractivity contribution in [3.05, 3.63) is 66.4 Å². The zero-order valence-electron chi connectivity index (χ0n) is 15.6. The van der Waals surface area contributed by atoms with Crippen LogP contribution in [0.1, 0.15) is 12.1 Å². The van der Waals surface area contributed by atoms with Gasteiger partial charge in [-0.25, -0.2) is 13.4 Å². The van der Waals surface area contributed by atoms with Crippen molar-refractivity contribution >= 4 is 43.1 Å². The van der Waals surface area contributed by atoms with Crippen molar-refractivity contribution in [2.45, 2.75) is 18.2 Å². The maximum Gasteiger partial charge on any atom is 0.226 e. The Morgan fingerprint density at radius 1 is 1.10 bits per heavy atom. The van der Waals surface area contributed by atoms with Gasteiger partial charge in [-0.05, 0) is 31.2 Å². The van der Waals surface area contributed by atoms with E-state index in [-0.39, 0.29) is 17.1 Å². The van der Waals surface area contributed by atoms with Crippen LogP contribution in [-0.4, -0.2) is 34.8 Å². The monoisotopic (exact) mass is 426 g/mol. The Kier molecular flexibility index (Phi) is 5.16. The number of hydrogen-bond donors (Lipinski definition) is 1. The molecule has 9 heteroatoms. The minimum absolute atomic E-state index is 0.151. The highest BCUT2D eigenvalue weighted by Gasteiger charge is 2.18. The summed E-state index contributed by atoms with van der Waals surface area (Å²) in [5, 5.41) is 7.81. The van der Waals surface area contributed by atoms with Crippen LogP contribution in [0, 0.1) is 6.92 Å². The smallest absolute Gasteiger partial charge is 0.226 e. The summed E-state index contributed by atoms with van der Waals surface area (Å²) in [6.45, 7) is 1.82. The molecule has 0 bridgehead atoms. The molecule has 29 heavy (non-hydrogen) atoms. The lowest BCUT2D eigenvalue weighted by molar-refractivity contribution is -0.115. The lowest BCUT2D eigenvalue weighted by Crippen LogP contribution is -2.19. The molecule has 2 aromatic carbocycles. The van der Waals surface area contributed by atoms with Crippen molar-refractivity contribution in [3.63, 3.8) is 0 Å². The summed E-state index contributed by atoms with van der Waals surface area (Å²) in [5.74, 6) is -0.202. The van der Waals surface area contributed by atoms with Crippen molar-refractivity contribution in [2.75, 3.05) is 11.1 Å². The number of aromatic nitrogens is 3. The van der Waals surface area contributed by atoms with E-state index >= 15 is 0 Å². The topological polar surface area (TPSA) is 94.0 Å². The average molecular weight is 427 g/mol. The standard InChI is InChI=1S/C20H18N4O3S2/c1-14-13-18(24(23-14)20-21-16-9-5-6-10-17(16)28-20)22-19(25)11-12-29(26,27)15-7-3-2-4-8-15/h2-10,13H,11-12H2,1H3,(H,22,25). The quantitative estimate of drug-likeness (QED) is 0.508. The first-order valence-corrected chi connectivity index (χ1v) is 11.4. The van der Waals surface area contributed by atoms with Gasteiger partial charge in [0, 0.05) is 12.5 Å². The highest BCUT2D eigenvalue weighted by atomic mass is 32.2. The number of nitrogens with one attached hydrogen (secondary N) is 1. The van der Waals surface area contributed by atoms with E-state index in [1.807, 2.05) is 31.2 Å². The second-order valence-corrected chi connectivity index (χ2v) is 9.60.